The van der Waals surface area contributed by atoms with E-state index >= 15 is 0 Å². The molecule has 0 N–H and O–H groups in total. The van der Waals surface area contributed by atoms with Gasteiger partial charge in [-0.15, -0.1) is 0 Å². The first-order valence-electron chi connectivity index (χ1n) is 9.62. The van der Waals surface area contributed by atoms with Crippen LogP contribution in [-0.2, 0) is 9.57 Å². The van der Waals surface area contributed by atoms with Gasteiger partial charge in [0.25, 0.3) is 0 Å². The molecule has 2 unspecified atom stereocenters. The maximum absolute atomic E-state index is 6.30. The number of hydrogen-bond donors (Lipinski definition) is 0. The molecule has 1 aliphatic heterocycles. The monoisotopic (exact) mass is 324 g/mol. The van der Waals surface area contributed by atoms with Gasteiger partial charge >= 0.3 is 0 Å². The van der Waals surface area contributed by atoms with Crippen LogP contribution in [0.15, 0.2) is 12.2 Å². The standard InChI is InChI=1S/C19H36N2O2/c1-4-9-18(12-15-22-5-2)20-13-14-21(17(3)16-20)23-19-10-7-6-8-11-19/h4,9,17-19H,5-8,10-16H2,1-3H3/b9-4-. The molecule has 0 spiro atoms. The van der Waals surface area contributed by atoms with Gasteiger partial charge in [-0.1, -0.05) is 31.4 Å². The quantitative estimate of drug-likeness (QED) is 0.503. The Balaban J connectivity index is 1.80. The molecule has 2 aliphatic rings. The van der Waals surface area contributed by atoms with Gasteiger partial charge in [0.05, 0.1) is 6.10 Å². The third-order valence-electron chi connectivity index (χ3n) is 5.08. The third kappa shape index (κ3) is 6.18. The molecule has 2 rings (SSSR count). The van der Waals surface area contributed by atoms with Crippen LogP contribution >= 0.6 is 0 Å². The highest BCUT2D eigenvalue weighted by Crippen LogP contribution is 2.24. The van der Waals surface area contributed by atoms with Gasteiger partial charge in [0.2, 0.25) is 0 Å². The lowest BCUT2D eigenvalue weighted by Gasteiger charge is -2.43. The Morgan fingerprint density at radius 2 is 1.96 bits per heavy atom. The average molecular weight is 325 g/mol. The van der Waals surface area contributed by atoms with Crippen molar-refractivity contribution in [1.29, 1.82) is 0 Å². The molecule has 2 atom stereocenters. The lowest BCUT2D eigenvalue weighted by molar-refractivity contribution is -0.241. The molecule has 4 nitrogen and oxygen atoms in total. The fourth-order valence-corrected chi connectivity index (χ4v) is 3.76. The molecule has 1 saturated heterocycles. The highest BCUT2D eigenvalue weighted by atomic mass is 16.7. The minimum Gasteiger partial charge on any atom is -0.382 e. The van der Waals surface area contributed by atoms with Crippen molar-refractivity contribution in [2.24, 2.45) is 0 Å². The van der Waals surface area contributed by atoms with Crippen LogP contribution in [0.25, 0.3) is 0 Å². The molecule has 0 bridgehead atoms. The van der Waals surface area contributed by atoms with E-state index in [1.165, 1.54) is 32.1 Å². The van der Waals surface area contributed by atoms with Gasteiger partial charge in [-0.05, 0) is 40.0 Å². The number of piperazine rings is 1. The average Bonchev–Trinajstić information content (AvgIpc) is 2.57. The van der Waals surface area contributed by atoms with Crippen LogP contribution in [0.4, 0.5) is 0 Å². The van der Waals surface area contributed by atoms with Crippen LogP contribution in [0, 0.1) is 0 Å². The first-order valence-corrected chi connectivity index (χ1v) is 9.62. The second-order valence-electron chi connectivity index (χ2n) is 6.93. The van der Waals surface area contributed by atoms with Gasteiger partial charge in [-0.3, -0.25) is 9.74 Å². The zero-order chi connectivity index (χ0) is 16.5. The Morgan fingerprint density at radius 1 is 1.17 bits per heavy atom. The summed E-state index contributed by atoms with van der Waals surface area (Å²) in [5.74, 6) is 0. The van der Waals surface area contributed by atoms with Gasteiger partial charge in [0.15, 0.2) is 0 Å². The van der Waals surface area contributed by atoms with Crippen LogP contribution in [0.1, 0.15) is 59.3 Å². The molecule has 1 aliphatic carbocycles. The lowest BCUT2D eigenvalue weighted by atomic mass is 9.98. The number of allylic oxidation sites excluding steroid dienone is 1. The van der Waals surface area contributed by atoms with E-state index in [4.69, 9.17) is 9.57 Å². The van der Waals surface area contributed by atoms with Gasteiger partial charge in [-0.2, -0.15) is 5.06 Å². The SMILES string of the molecule is C/C=C\C(CCOCC)N1CCN(OC2CCCCC2)C(C)C1. The fraction of sp³-hybridized carbons (Fsp3) is 0.895. The van der Waals surface area contributed by atoms with Crippen molar-refractivity contribution < 1.29 is 9.57 Å². The van der Waals surface area contributed by atoms with Gasteiger partial charge < -0.3 is 4.74 Å². The van der Waals surface area contributed by atoms with Crippen molar-refractivity contribution >= 4 is 0 Å². The van der Waals surface area contributed by atoms with Crippen LogP contribution in [0.5, 0.6) is 0 Å². The first-order chi connectivity index (χ1) is 11.2. The molecule has 0 aromatic heterocycles. The smallest absolute Gasteiger partial charge is 0.0793 e. The Kier molecular flexibility index (Phi) is 8.59. The molecule has 23 heavy (non-hydrogen) atoms. The number of hydroxylamine groups is 2. The Morgan fingerprint density at radius 3 is 2.61 bits per heavy atom. The molecule has 1 saturated carbocycles. The summed E-state index contributed by atoms with van der Waals surface area (Å²) in [7, 11) is 0. The highest BCUT2D eigenvalue weighted by Gasteiger charge is 2.29. The molecule has 0 radical (unpaired) electrons. The van der Waals surface area contributed by atoms with Crippen molar-refractivity contribution in [3.8, 4) is 0 Å². The maximum Gasteiger partial charge on any atom is 0.0793 e. The Labute approximate surface area is 142 Å². The zero-order valence-corrected chi connectivity index (χ0v) is 15.4. The number of ether oxygens (including phenoxy) is 1. The molecule has 4 heteroatoms. The van der Waals surface area contributed by atoms with Crippen molar-refractivity contribution in [3.05, 3.63) is 12.2 Å². The summed E-state index contributed by atoms with van der Waals surface area (Å²) in [6.45, 7) is 11.3. The minimum absolute atomic E-state index is 0.460. The van der Waals surface area contributed by atoms with E-state index in [1.807, 2.05) is 0 Å². The molecule has 134 valence electrons. The molecule has 1 heterocycles. The highest BCUT2D eigenvalue weighted by molar-refractivity contribution is 4.95. The van der Waals surface area contributed by atoms with Crippen LogP contribution < -0.4 is 0 Å². The van der Waals surface area contributed by atoms with Crippen molar-refractivity contribution in [2.75, 3.05) is 32.8 Å². The number of nitrogens with zero attached hydrogens (tertiary/aromatic N) is 2. The summed E-state index contributed by atoms with van der Waals surface area (Å²) in [6, 6.07) is 0.955. The van der Waals surface area contributed by atoms with Crippen LogP contribution in [-0.4, -0.2) is 61.0 Å². The second kappa shape index (κ2) is 10.4. The van der Waals surface area contributed by atoms with Gasteiger partial charge in [0, 0.05) is 44.9 Å². The fourth-order valence-electron chi connectivity index (χ4n) is 3.76. The summed E-state index contributed by atoms with van der Waals surface area (Å²) in [6.07, 6.45) is 12.6. The summed E-state index contributed by atoms with van der Waals surface area (Å²) in [4.78, 5) is 8.88. The molecular weight excluding hydrogens is 288 g/mol. The number of rotatable bonds is 8. The van der Waals surface area contributed by atoms with Crippen LogP contribution in [0.2, 0.25) is 0 Å². The second-order valence-corrected chi connectivity index (χ2v) is 6.93. The predicted molar refractivity (Wildman–Crippen MR) is 95.4 cm³/mol. The molecule has 0 amide bonds. The Hall–Kier alpha value is -0.420. The summed E-state index contributed by atoms with van der Waals surface area (Å²) >= 11 is 0. The first kappa shape index (κ1) is 18.9. The maximum atomic E-state index is 6.30. The van der Waals surface area contributed by atoms with E-state index in [9.17, 15) is 0 Å². The van der Waals surface area contributed by atoms with E-state index in [0.29, 0.717) is 18.2 Å². The lowest BCUT2D eigenvalue weighted by Crippen LogP contribution is -2.55. The molecule has 0 aromatic carbocycles. The topological polar surface area (TPSA) is 24.9 Å². The van der Waals surface area contributed by atoms with Crippen molar-refractivity contribution in [1.82, 2.24) is 9.96 Å². The summed E-state index contributed by atoms with van der Waals surface area (Å²) in [5.41, 5.74) is 0. The molecular formula is C19H36N2O2. The molecule has 0 aromatic rings. The molecule has 2 fully saturated rings. The van der Waals surface area contributed by atoms with E-state index in [0.717, 1.165) is 39.3 Å². The Bertz CT molecular complexity index is 342. The van der Waals surface area contributed by atoms with E-state index in [1.54, 1.807) is 0 Å². The van der Waals surface area contributed by atoms with E-state index in [-0.39, 0.29) is 0 Å². The minimum atomic E-state index is 0.460. The van der Waals surface area contributed by atoms with Crippen molar-refractivity contribution in [2.45, 2.75) is 77.5 Å². The van der Waals surface area contributed by atoms with Gasteiger partial charge in [0.1, 0.15) is 0 Å². The largest absolute Gasteiger partial charge is 0.382 e. The zero-order valence-electron chi connectivity index (χ0n) is 15.4. The summed E-state index contributed by atoms with van der Waals surface area (Å²) in [5, 5.41) is 2.25. The predicted octanol–water partition coefficient (Wildman–Crippen LogP) is 3.63. The normalized spacial score (nSPS) is 26.8. The third-order valence-corrected chi connectivity index (χ3v) is 5.08. The van der Waals surface area contributed by atoms with E-state index < -0.39 is 0 Å². The van der Waals surface area contributed by atoms with E-state index in [2.05, 4.69) is 42.9 Å². The van der Waals surface area contributed by atoms with Crippen LogP contribution in [0.3, 0.4) is 0 Å². The number of hydrogen-bond acceptors (Lipinski definition) is 4. The van der Waals surface area contributed by atoms with Crippen molar-refractivity contribution in [3.63, 3.8) is 0 Å². The summed E-state index contributed by atoms with van der Waals surface area (Å²) < 4.78 is 5.55. The van der Waals surface area contributed by atoms with Gasteiger partial charge in [-0.25, -0.2) is 0 Å².